The third kappa shape index (κ3) is 4.22. The van der Waals surface area contributed by atoms with Crippen LogP contribution in [0.3, 0.4) is 0 Å². The fraction of sp³-hybridized carbons (Fsp3) is 0.667. The van der Waals surface area contributed by atoms with Gasteiger partial charge >= 0.3 is 0 Å². The van der Waals surface area contributed by atoms with Crippen molar-refractivity contribution in [2.24, 2.45) is 5.92 Å². The molecule has 1 saturated heterocycles. The van der Waals surface area contributed by atoms with Crippen molar-refractivity contribution in [3.63, 3.8) is 0 Å². The summed E-state index contributed by atoms with van der Waals surface area (Å²) < 4.78 is 10.9. The second-order valence-electron chi connectivity index (χ2n) is 4.11. The van der Waals surface area contributed by atoms with Crippen molar-refractivity contribution >= 4 is 11.3 Å². The number of hydrogen-bond acceptors (Lipinski definition) is 4. The molecule has 1 aromatic rings. The van der Waals surface area contributed by atoms with E-state index in [1.54, 1.807) is 11.3 Å². The lowest BCUT2D eigenvalue weighted by Gasteiger charge is -2.09. The summed E-state index contributed by atoms with van der Waals surface area (Å²) in [4.78, 5) is 0. The third-order valence-electron chi connectivity index (χ3n) is 2.71. The molecule has 0 amide bonds. The highest BCUT2D eigenvalue weighted by Crippen LogP contribution is 2.11. The van der Waals surface area contributed by atoms with Crippen LogP contribution in [0.2, 0.25) is 0 Å². The average Bonchev–Trinajstić information content (AvgIpc) is 2.96. The Balaban J connectivity index is 1.43. The Morgan fingerprint density at radius 1 is 1.56 bits per heavy atom. The van der Waals surface area contributed by atoms with Crippen LogP contribution in [0.25, 0.3) is 0 Å². The van der Waals surface area contributed by atoms with E-state index in [-0.39, 0.29) is 0 Å². The van der Waals surface area contributed by atoms with Crippen LogP contribution in [-0.4, -0.2) is 33.0 Å². The Morgan fingerprint density at radius 2 is 2.56 bits per heavy atom. The Hall–Kier alpha value is -0.420. The second kappa shape index (κ2) is 7.01. The number of thiophene rings is 1. The molecule has 16 heavy (non-hydrogen) atoms. The van der Waals surface area contributed by atoms with Gasteiger partial charge in [0.1, 0.15) is 0 Å². The summed E-state index contributed by atoms with van der Waals surface area (Å²) in [6, 6.07) is 2.15. The summed E-state index contributed by atoms with van der Waals surface area (Å²) in [5.41, 5.74) is 1.36. The van der Waals surface area contributed by atoms with E-state index in [9.17, 15) is 0 Å². The first-order valence-electron chi connectivity index (χ1n) is 5.82. The standard InChI is InChI=1S/C12H19NO2S/c1-4-14-8-12(1)9-15-5-3-13-7-11-2-6-16-10-11/h2,6,10,12-13H,1,3-5,7-9H2. The van der Waals surface area contributed by atoms with Gasteiger partial charge in [0.15, 0.2) is 0 Å². The Kier molecular flexibility index (Phi) is 5.28. The molecule has 2 rings (SSSR count). The summed E-state index contributed by atoms with van der Waals surface area (Å²) >= 11 is 1.74. The van der Waals surface area contributed by atoms with Gasteiger partial charge in [-0.15, -0.1) is 0 Å². The smallest absolute Gasteiger partial charge is 0.0591 e. The maximum Gasteiger partial charge on any atom is 0.0591 e. The fourth-order valence-electron chi connectivity index (χ4n) is 1.74. The van der Waals surface area contributed by atoms with Crippen LogP contribution in [0.1, 0.15) is 12.0 Å². The first-order chi connectivity index (χ1) is 7.95. The molecular weight excluding hydrogens is 222 g/mol. The molecule has 1 aliphatic heterocycles. The molecule has 4 heteroatoms. The van der Waals surface area contributed by atoms with Crippen LogP contribution >= 0.6 is 11.3 Å². The van der Waals surface area contributed by atoms with Crippen LogP contribution in [0, 0.1) is 5.92 Å². The summed E-state index contributed by atoms with van der Waals surface area (Å²) in [5.74, 6) is 0.622. The van der Waals surface area contributed by atoms with Gasteiger partial charge in [0, 0.05) is 25.6 Å². The minimum Gasteiger partial charge on any atom is -0.381 e. The Bertz CT molecular complexity index is 271. The molecule has 2 heterocycles. The van der Waals surface area contributed by atoms with Gasteiger partial charge in [-0.3, -0.25) is 0 Å². The number of rotatable bonds is 7. The lowest BCUT2D eigenvalue weighted by Crippen LogP contribution is -2.20. The molecule has 1 aliphatic rings. The minimum absolute atomic E-state index is 0.622. The molecule has 1 N–H and O–H groups in total. The maximum absolute atomic E-state index is 5.60. The van der Waals surface area contributed by atoms with E-state index < -0.39 is 0 Å². The average molecular weight is 241 g/mol. The van der Waals surface area contributed by atoms with Crippen molar-refractivity contribution in [1.29, 1.82) is 0 Å². The van der Waals surface area contributed by atoms with Gasteiger partial charge in [0.2, 0.25) is 0 Å². The molecule has 0 spiro atoms. The van der Waals surface area contributed by atoms with E-state index in [2.05, 4.69) is 22.1 Å². The Morgan fingerprint density at radius 3 is 3.31 bits per heavy atom. The molecule has 90 valence electrons. The summed E-state index contributed by atoms with van der Waals surface area (Å²) in [5, 5.41) is 7.64. The second-order valence-corrected chi connectivity index (χ2v) is 4.89. The minimum atomic E-state index is 0.622. The van der Waals surface area contributed by atoms with Crippen LogP contribution in [0.5, 0.6) is 0 Å². The first-order valence-corrected chi connectivity index (χ1v) is 6.77. The SMILES string of the molecule is c1cc(CNCCOCC2CCOC2)cs1. The first kappa shape index (κ1) is 12.0. The molecule has 1 fully saturated rings. The molecule has 1 unspecified atom stereocenters. The van der Waals surface area contributed by atoms with Gasteiger partial charge in [-0.25, -0.2) is 0 Å². The highest BCUT2D eigenvalue weighted by Gasteiger charge is 2.14. The molecular formula is C12H19NO2S. The van der Waals surface area contributed by atoms with Crippen LogP contribution in [0.15, 0.2) is 16.8 Å². The van der Waals surface area contributed by atoms with Crippen molar-refractivity contribution in [3.8, 4) is 0 Å². The van der Waals surface area contributed by atoms with Gasteiger partial charge < -0.3 is 14.8 Å². The molecule has 0 aromatic carbocycles. The largest absolute Gasteiger partial charge is 0.381 e. The Labute approximate surface area is 101 Å². The van der Waals surface area contributed by atoms with Crippen molar-refractivity contribution in [1.82, 2.24) is 5.32 Å². The summed E-state index contributed by atoms with van der Waals surface area (Å²) in [6.45, 7) is 5.29. The summed E-state index contributed by atoms with van der Waals surface area (Å²) in [6.07, 6.45) is 1.16. The number of hydrogen-bond donors (Lipinski definition) is 1. The van der Waals surface area contributed by atoms with Gasteiger partial charge in [0.05, 0.1) is 19.8 Å². The third-order valence-corrected chi connectivity index (χ3v) is 3.44. The summed E-state index contributed by atoms with van der Waals surface area (Å²) in [7, 11) is 0. The molecule has 0 aliphatic carbocycles. The van der Waals surface area contributed by atoms with Gasteiger partial charge in [-0.05, 0) is 28.8 Å². The monoisotopic (exact) mass is 241 g/mol. The molecule has 0 radical (unpaired) electrons. The highest BCUT2D eigenvalue weighted by molar-refractivity contribution is 7.07. The molecule has 0 bridgehead atoms. The molecule has 3 nitrogen and oxygen atoms in total. The predicted octanol–water partition coefficient (Wildman–Crippen LogP) is 1.89. The van der Waals surface area contributed by atoms with Gasteiger partial charge in [0.25, 0.3) is 0 Å². The van der Waals surface area contributed by atoms with Crippen molar-refractivity contribution in [2.75, 3.05) is 33.0 Å². The van der Waals surface area contributed by atoms with Gasteiger partial charge in [-0.1, -0.05) is 0 Å². The number of nitrogens with one attached hydrogen (secondary N) is 1. The van der Waals surface area contributed by atoms with Crippen LogP contribution in [0.4, 0.5) is 0 Å². The van der Waals surface area contributed by atoms with Gasteiger partial charge in [-0.2, -0.15) is 11.3 Å². The quantitative estimate of drug-likeness (QED) is 0.740. The van der Waals surface area contributed by atoms with E-state index >= 15 is 0 Å². The molecule has 1 atom stereocenters. The van der Waals surface area contributed by atoms with E-state index in [0.29, 0.717) is 5.92 Å². The predicted molar refractivity (Wildman–Crippen MR) is 65.8 cm³/mol. The lowest BCUT2D eigenvalue weighted by atomic mass is 10.1. The van der Waals surface area contributed by atoms with E-state index in [1.807, 2.05) is 0 Å². The zero-order chi connectivity index (χ0) is 11.1. The van der Waals surface area contributed by atoms with Crippen molar-refractivity contribution < 1.29 is 9.47 Å². The van der Waals surface area contributed by atoms with Crippen LogP contribution < -0.4 is 5.32 Å². The zero-order valence-electron chi connectivity index (χ0n) is 9.48. The molecule has 0 saturated carbocycles. The number of ether oxygens (including phenoxy) is 2. The topological polar surface area (TPSA) is 30.5 Å². The van der Waals surface area contributed by atoms with Crippen molar-refractivity contribution in [3.05, 3.63) is 22.4 Å². The van der Waals surface area contributed by atoms with E-state index in [0.717, 1.165) is 45.9 Å². The van der Waals surface area contributed by atoms with E-state index in [1.165, 1.54) is 5.56 Å². The zero-order valence-corrected chi connectivity index (χ0v) is 10.3. The highest BCUT2D eigenvalue weighted by atomic mass is 32.1. The fourth-order valence-corrected chi connectivity index (χ4v) is 2.40. The van der Waals surface area contributed by atoms with E-state index in [4.69, 9.17) is 9.47 Å². The molecule has 1 aromatic heterocycles. The lowest BCUT2D eigenvalue weighted by molar-refractivity contribution is 0.0912. The van der Waals surface area contributed by atoms with Crippen molar-refractivity contribution in [2.45, 2.75) is 13.0 Å². The normalized spacial score (nSPS) is 20.4. The maximum atomic E-state index is 5.60. The van der Waals surface area contributed by atoms with Crippen LogP contribution in [-0.2, 0) is 16.0 Å².